The molecule has 2 aliphatic rings. The summed E-state index contributed by atoms with van der Waals surface area (Å²) in [5.41, 5.74) is 0. The maximum absolute atomic E-state index is 11.6. The second kappa shape index (κ2) is 9.73. The van der Waals surface area contributed by atoms with Gasteiger partial charge in [-0.3, -0.25) is 19.8 Å². The van der Waals surface area contributed by atoms with Gasteiger partial charge in [0.2, 0.25) is 0 Å². The molecule has 0 aromatic rings. The van der Waals surface area contributed by atoms with Crippen LogP contribution in [-0.2, 0) is 19.1 Å². The summed E-state index contributed by atoms with van der Waals surface area (Å²) in [6.45, 7) is 6.67. The summed E-state index contributed by atoms with van der Waals surface area (Å²) in [5, 5.41) is 8.33. The monoisotopic (exact) mass is 314 g/mol. The van der Waals surface area contributed by atoms with Crippen molar-refractivity contribution >= 4 is 11.8 Å². The van der Waals surface area contributed by atoms with Gasteiger partial charge in [-0.1, -0.05) is 0 Å². The number of amides is 2. The van der Waals surface area contributed by atoms with Crippen LogP contribution in [0.15, 0.2) is 0 Å². The minimum absolute atomic E-state index is 0.202. The van der Waals surface area contributed by atoms with E-state index in [0.29, 0.717) is 19.7 Å². The molecule has 8 nitrogen and oxygen atoms in total. The lowest BCUT2D eigenvalue weighted by Gasteiger charge is -2.26. The van der Waals surface area contributed by atoms with Crippen molar-refractivity contribution in [1.82, 2.24) is 20.9 Å². The third-order valence-electron chi connectivity index (χ3n) is 3.71. The molecule has 0 aromatic carbocycles. The minimum atomic E-state index is -0.609. The predicted molar refractivity (Wildman–Crippen MR) is 80.3 cm³/mol. The molecule has 0 radical (unpaired) electrons. The van der Waals surface area contributed by atoms with E-state index in [1.165, 1.54) is 0 Å². The first-order valence-corrected chi connectivity index (χ1v) is 7.97. The summed E-state index contributed by atoms with van der Waals surface area (Å²) >= 11 is 0. The lowest BCUT2D eigenvalue weighted by Crippen LogP contribution is -2.49. The fraction of sp³-hybridized carbons (Fsp3) is 0.857. The highest BCUT2D eigenvalue weighted by molar-refractivity contribution is 6.35. The molecule has 1 atom stereocenters. The molecule has 2 rings (SSSR count). The first-order chi connectivity index (χ1) is 10.8. The topological polar surface area (TPSA) is 91.9 Å². The highest BCUT2D eigenvalue weighted by Gasteiger charge is 2.17. The molecule has 8 heteroatoms. The number of hydrogen-bond acceptors (Lipinski definition) is 6. The summed E-state index contributed by atoms with van der Waals surface area (Å²) in [6, 6.07) is 0. The molecule has 2 saturated heterocycles. The van der Waals surface area contributed by atoms with Crippen LogP contribution in [0.1, 0.15) is 12.8 Å². The zero-order valence-electron chi connectivity index (χ0n) is 12.9. The molecule has 0 spiro atoms. The first-order valence-electron chi connectivity index (χ1n) is 7.97. The molecule has 0 aliphatic carbocycles. The Balaban J connectivity index is 1.51. The van der Waals surface area contributed by atoms with Crippen molar-refractivity contribution in [3.05, 3.63) is 0 Å². The molecule has 0 saturated carbocycles. The van der Waals surface area contributed by atoms with E-state index in [1.807, 2.05) is 0 Å². The second-order valence-corrected chi connectivity index (χ2v) is 5.44. The quantitative estimate of drug-likeness (QED) is 0.399. The Bertz CT molecular complexity index is 355. The van der Waals surface area contributed by atoms with E-state index >= 15 is 0 Å². The number of carbonyl (C=O) groups excluding carboxylic acids is 2. The van der Waals surface area contributed by atoms with Gasteiger partial charge in [-0.05, 0) is 25.9 Å². The van der Waals surface area contributed by atoms with Crippen LogP contribution in [0.25, 0.3) is 0 Å². The van der Waals surface area contributed by atoms with Crippen LogP contribution in [0.5, 0.6) is 0 Å². The van der Waals surface area contributed by atoms with E-state index in [-0.39, 0.29) is 6.23 Å². The maximum atomic E-state index is 11.6. The number of hydrogen-bond donors (Lipinski definition) is 3. The number of morpholine rings is 1. The second-order valence-electron chi connectivity index (χ2n) is 5.44. The Kier molecular flexibility index (Phi) is 7.58. The maximum Gasteiger partial charge on any atom is 0.309 e. The van der Waals surface area contributed by atoms with Gasteiger partial charge in [-0.15, -0.1) is 0 Å². The van der Waals surface area contributed by atoms with Crippen molar-refractivity contribution in [2.45, 2.75) is 19.1 Å². The Labute approximate surface area is 130 Å². The summed E-state index contributed by atoms with van der Waals surface area (Å²) in [7, 11) is 0. The molecule has 2 aliphatic heterocycles. The highest BCUT2D eigenvalue weighted by Crippen LogP contribution is 1.97. The van der Waals surface area contributed by atoms with Gasteiger partial charge in [-0.25, -0.2) is 0 Å². The van der Waals surface area contributed by atoms with Crippen LogP contribution in [0.3, 0.4) is 0 Å². The molecular formula is C14H26N4O4. The van der Waals surface area contributed by atoms with Crippen LogP contribution in [0.4, 0.5) is 0 Å². The Morgan fingerprint density at radius 2 is 1.91 bits per heavy atom. The Morgan fingerprint density at radius 1 is 1.14 bits per heavy atom. The third kappa shape index (κ3) is 6.27. The van der Waals surface area contributed by atoms with Crippen molar-refractivity contribution in [1.29, 1.82) is 0 Å². The van der Waals surface area contributed by atoms with E-state index in [4.69, 9.17) is 9.47 Å². The fourth-order valence-electron chi connectivity index (χ4n) is 2.43. The predicted octanol–water partition coefficient (Wildman–Crippen LogP) is -1.72. The van der Waals surface area contributed by atoms with E-state index in [9.17, 15) is 9.59 Å². The Morgan fingerprint density at radius 3 is 2.64 bits per heavy atom. The van der Waals surface area contributed by atoms with Crippen molar-refractivity contribution < 1.29 is 19.1 Å². The molecule has 0 bridgehead atoms. The van der Waals surface area contributed by atoms with Crippen LogP contribution in [0.2, 0.25) is 0 Å². The summed E-state index contributed by atoms with van der Waals surface area (Å²) in [4.78, 5) is 25.6. The summed E-state index contributed by atoms with van der Waals surface area (Å²) in [6.07, 6.45) is 1.59. The van der Waals surface area contributed by atoms with Crippen molar-refractivity contribution in [2.24, 2.45) is 0 Å². The van der Waals surface area contributed by atoms with E-state index < -0.39 is 11.8 Å². The smallest absolute Gasteiger partial charge is 0.309 e. The number of nitrogens with one attached hydrogen (secondary N) is 3. The molecule has 126 valence electrons. The molecule has 0 unspecified atom stereocenters. The molecule has 3 N–H and O–H groups in total. The SMILES string of the molecule is O=C(NCCCN1CCOCC1)C(=O)NC[C@H]1NCCCO1. The van der Waals surface area contributed by atoms with Crippen molar-refractivity contribution in [3.63, 3.8) is 0 Å². The van der Waals surface area contributed by atoms with Crippen LogP contribution >= 0.6 is 0 Å². The molecule has 22 heavy (non-hydrogen) atoms. The summed E-state index contributed by atoms with van der Waals surface area (Å²) < 4.78 is 10.7. The lowest BCUT2D eigenvalue weighted by atomic mass is 10.3. The molecule has 2 amide bonds. The zero-order valence-corrected chi connectivity index (χ0v) is 12.9. The van der Waals surface area contributed by atoms with Gasteiger partial charge in [-0.2, -0.15) is 0 Å². The van der Waals surface area contributed by atoms with Gasteiger partial charge in [0.15, 0.2) is 0 Å². The normalized spacial score (nSPS) is 23.0. The van der Waals surface area contributed by atoms with Gasteiger partial charge < -0.3 is 20.1 Å². The first kappa shape index (κ1) is 17.1. The van der Waals surface area contributed by atoms with Gasteiger partial charge in [0, 0.05) is 26.2 Å². The van der Waals surface area contributed by atoms with Gasteiger partial charge in [0.05, 0.1) is 19.8 Å². The largest absolute Gasteiger partial charge is 0.379 e. The number of carbonyl (C=O) groups is 2. The van der Waals surface area contributed by atoms with Gasteiger partial charge in [0.25, 0.3) is 0 Å². The van der Waals surface area contributed by atoms with Crippen molar-refractivity contribution in [2.75, 3.05) is 59.1 Å². The molecule has 0 aromatic heterocycles. The average molecular weight is 314 g/mol. The van der Waals surface area contributed by atoms with Crippen LogP contribution in [0, 0.1) is 0 Å². The Hall–Kier alpha value is -1.22. The number of ether oxygens (including phenoxy) is 2. The molecule has 2 heterocycles. The lowest BCUT2D eigenvalue weighted by molar-refractivity contribution is -0.139. The van der Waals surface area contributed by atoms with Gasteiger partial charge >= 0.3 is 11.8 Å². The molecule has 2 fully saturated rings. The standard InChI is InChI=1S/C14H26N4O4/c19-13(14(20)17-11-12-15-4-2-8-22-12)16-3-1-5-18-6-9-21-10-7-18/h12,15H,1-11H2,(H,16,19)(H,17,20)/t12-/m0/s1. The fourth-order valence-corrected chi connectivity index (χ4v) is 2.43. The van der Waals surface area contributed by atoms with Crippen LogP contribution < -0.4 is 16.0 Å². The van der Waals surface area contributed by atoms with Crippen molar-refractivity contribution in [3.8, 4) is 0 Å². The van der Waals surface area contributed by atoms with E-state index in [1.54, 1.807) is 0 Å². The highest BCUT2D eigenvalue weighted by atomic mass is 16.5. The van der Waals surface area contributed by atoms with E-state index in [2.05, 4.69) is 20.9 Å². The zero-order chi connectivity index (χ0) is 15.6. The summed E-state index contributed by atoms with van der Waals surface area (Å²) in [5.74, 6) is -1.19. The van der Waals surface area contributed by atoms with Crippen LogP contribution in [-0.4, -0.2) is 82.0 Å². The van der Waals surface area contributed by atoms with Gasteiger partial charge in [0.1, 0.15) is 6.23 Å². The third-order valence-corrected chi connectivity index (χ3v) is 3.71. The number of rotatable bonds is 6. The van der Waals surface area contributed by atoms with E-state index in [0.717, 1.165) is 52.2 Å². The number of nitrogens with zero attached hydrogens (tertiary/aromatic N) is 1. The molecular weight excluding hydrogens is 288 g/mol. The minimum Gasteiger partial charge on any atom is -0.379 e. The average Bonchev–Trinajstić information content (AvgIpc) is 2.58.